The molecular weight excluding hydrogens is 342 g/mol. The Morgan fingerprint density at radius 1 is 1.00 bits per heavy atom. The molecule has 1 saturated carbocycles. The van der Waals surface area contributed by atoms with Gasteiger partial charge < -0.3 is 15.5 Å². The molecule has 0 atom stereocenters. The van der Waals surface area contributed by atoms with E-state index in [4.69, 9.17) is 0 Å². The lowest BCUT2D eigenvalue weighted by molar-refractivity contribution is -0.117. The highest BCUT2D eigenvalue weighted by molar-refractivity contribution is 6.09. The number of carbonyl (C=O) groups excluding carboxylic acids is 3. The van der Waals surface area contributed by atoms with Crippen molar-refractivity contribution in [2.45, 2.75) is 31.7 Å². The van der Waals surface area contributed by atoms with Gasteiger partial charge in [0.05, 0.1) is 11.3 Å². The van der Waals surface area contributed by atoms with Gasteiger partial charge in [0.2, 0.25) is 5.91 Å². The zero-order valence-corrected chi connectivity index (χ0v) is 14.9. The summed E-state index contributed by atoms with van der Waals surface area (Å²) in [6, 6.07) is 14.2. The Balaban J connectivity index is 1.53. The van der Waals surface area contributed by atoms with E-state index < -0.39 is 0 Å². The molecule has 2 N–H and O–H groups in total. The average molecular weight is 363 g/mol. The number of amides is 3. The lowest BCUT2D eigenvalue weighted by Gasteiger charge is -2.17. The summed E-state index contributed by atoms with van der Waals surface area (Å²) in [7, 11) is 0. The molecule has 4 rings (SSSR count). The molecule has 3 amide bonds. The van der Waals surface area contributed by atoms with Crippen molar-refractivity contribution in [3.05, 3.63) is 59.7 Å². The highest BCUT2D eigenvalue weighted by atomic mass is 16.2. The molecule has 138 valence electrons. The van der Waals surface area contributed by atoms with Crippen LogP contribution in [0.1, 0.15) is 46.4 Å². The van der Waals surface area contributed by atoms with Gasteiger partial charge in [-0.1, -0.05) is 18.2 Å². The maximum absolute atomic E-state index is 12.7. The Kier molecular flexibility index (Phi) is 4.62. The summed E-state index contributed by atoms with van der Waals surface area (Å²) in [6.07, 6.45) is 3.38. The predicted octanol–water partition coefficient (Wildman–Crippen LogP) is 2.96. The Bertz CT molecular complexity index is 905. The van der Waals surface area contributed by atoms with Crippen molar-refractivity contribution in [3.8, 4) is 0 Å². The number of carbonyl (C=O) groups is 3. The molecule has 1 saturated heterocycles. The molecule has 2 aromatic carbocycles. The zero-order valence-electron chi connectivity index (χ0n) is 14.9. The van der Waals surface area contributed by atoms with Gasteiger partial charge in [0.15, 0.2) is 0 Å². The van der Waals surface area contributed by atoms with E-state index in [1.807, 2.05) is 6.07 Å². The zero-order chi connectivity index (χ0) is 18.8. The minimum absolute atomic E-state index is 0.0784. The minimum Gasteiger partial charge on any atom is -0.349 e. The first-order chi connectivity index (χ1) is 13.1. The van der Waals surface area contributed by atoms with Gasteiger partial charge in [-0.2, -0.15) is 0 Å². The van der Waals surface area contributed by atoms with Crippen molar-refractivity contribution < 1.29 is 14.4 Å². The van der Waals surface area contributed by atoms with Crippen LogP contribution in [0.3, 0.4) is 0 Å². The van der Waals surface area contributed by atoms with Gasteiger partial charge >= 0.3 is 0 Å². The van der Waals surface area contributed by atoms with E-state index >= 15 is 0 Å². The summed E-state index contributed by atoms with van der Waals surface area (Å²) in [6.45, 7) is 0.675. The molecule has 0 radical (unpaired) electrons. The van der Waals surface area contributed by atoms with Crippen molar-refractivity contribution in [1.82, 2.24) is 5.32 Å². The molecule has 0 aromatic heterocycles. The monoisotopic (exact) mass is 363 g/mol. The number of hydrogen-bond donors (Lipinski definition) is 2. The summed E-state index contributed by atoms with van der Waals surface area (Å²) < 4.78 is 0. The fraction of sp³-hybridized carbons (Fsp3) is 0.286. The van der Waals surface area contributed by atoms with Crippen LogP contribution in [0.5, 0.6) is 0 Å². The molecule has 1 heterocycles. The van der Waals surface area contributed by atoms with Crippen molar-refractivity contribution in [2.24, 2.45) is 0 Å². The lowest BCUT2D eigenvalue weighted by atomic mass is 10.1. The molecule has 1 aliphatic carbocycles. The lowest BCUT2D eigenvalue weighted by Crippen LogP contribution is -2.27. The van der Waals surface area contributed by atoms with Gasteiger partial charge in [-0.05, 0) is 49.6 Å². The minimum atomic E-state index is -0.310. The van der Waals surface area contributed by atoms with E-state index in [0.29, 0.717) is 29.8 Å². The quantitative estimate of drug-likeness (QED) is 0.857. The van der Waals surface area contributed by atoms with Gasteiger partial charge in [0.1, 0.15) is 0 Å². The Hall–Kier alpha value is -3.15. The van der Waals surface area contributed by atoms with Crippen LogP contribution in [0, 0.1) is 0 Å². The number of para-hydroxylation sites is 1. The highest BCUT2D eigenvalue weighted by Crippen LogP contribution is 2.24. The van der Waals surface area contributed by atoms with Crippen LogP contribution in [-0.2, 0) is 4.79 Å². The third kappa shape index (κ3) is 3.84. The first-order valence-corrected chi connectivity index (χ1v) is 9.23. The van der Waals surface area contributed by atoms with Crippen LogP contribution in [0.15, 0.2) is 48.5 Å². The van der Waals surface area contributed by atoms with E-state index in [-0.39, 0.29) is 23.8 Å². The fourth-order valence-corrected chi connectivity index (χ4v) is 3.21. The van der Waals surface area contributed by atoms with Crippen LogP contribution in [-0.4, -0.2) is 30.3 Å². The van der Waals surface area contributed by atoms with Crippen LogP contribution in [0.2, 0.25) is 0 Å². The molecule has 6 heteroatoms. The SMILES string of the molecule is O=C(Nc1ccccc1C(=O)NC1CC1)c1cccc(N2CCCC2=O)c1. The standard InChI is InChI=1S/C21H21N3O3/c25-19-9-4-12-24(19)16-6-3-5-14(13-16)20(26)23-18-8-2-1-7-17(18)21(27)22-15-10-11-15/h1-3,5-8,13,15H,4,9-12H2,(H,22,27)(H,23,26). The van der Waals surface area contributed by atoms with Gasteiger partial charge in [0.25, 0.3) is 11.8 Å². The molecule has 0 unspecified atom stereocenters. The molecule has 1 aliphatic heterocycles. The van der Waals surface area contributed by atoms with E-state index in [9.17, 15) is 14.4 Å². The predicted molar refractivity (Wildman–Crippen MR) is 103 cm³/mol. The van der Waals surface area contributed by atoms with Crippen molar-refractivity contribution in [3.63, 3.8) is 0 Å². The fourth-order valence-electron chi connectivity index (χ4n) is 3.21. The summed E-state index contributed by atoms with van der Waals surface area (Å²) in [4.78, 5) is 38.8. The molecule has 2 aromatic rings. The van der Waals surface area contributed by atoms with Crippen LogP contribution >= 0.6 is 0 Å². The summed E-state index contributed by atoms with van der Waals surface area (Å²) in [5, 5.41) is 5.77. The second-order valence-corrected chi connectivity index (χ2v) is 6.95. The van der Waals surface area contributed by atoms with Crippen LogP contribution in [0.25, 0.3) is 0 Å². The maximum atomic E-state index is 12.7. The van der Waals surface area contributed by atoms with Gasteiger partial charge in [-0.3, -0.25) is 14.4 Å². The van der Waals surface area contributed by atoms with Gasteiger partial charge in [-0.15, -0.1) is 0 Å². The normalized spacial score (nSPS) is 16.3. The van der Waals surface area contributed by atoms with E-state index in [2.05, 4.69) is 10.6 Å². The Labute approximate surface area is 157 Å². The van der Waals surface area contributed by atoms with Gasteiger partial charge in [-0.25, -0.2) is 0 Å². The van der Waals surface area contributed by atoms with E-state index in [1.165, 1.54) is 0 Å². The summed E-state index contributed by atoms with van der Waals surface area (Å²) in [5.74, 6) is -0.408. The third-order valence-corrected chi connectivity index (χ3v) is 4.83. The highest BCUT2D eigenvalue weighted by Gasteiger charge is 2.25. The van der Waals surface area contributed by atoms with E-state index in [0.717, 1.165) is 24.9 Å². The number of nitrogens with zero attached hydrogens (tertiary/aromatic N) is 1. The molecule has 0 bridgehead atoms. The molecule has 0 spiro atoms. The number of benzene rings is 2. The number of hydrogen-bond acceptors (Lipinski definition) is 3. The molecule has 2 aliphatic rings. The summed E-state index contributed by atoms with van der Waals surface area (Å²) >= 11 is 0. The summed E-state index contributed by atoms with van der Waals surface area (Å²) in [5.41, 5.74) is 2.10. The van der Waals surface area contributed by atoms with Crippen molar-refractivity contribution >= 4 is 29.1 Å². The second kappa shape index (κ2) is 7.23. The topological polar surface area (TPSA) is 78.5 Å². The molecule has 2 fully saturated rings. The number of anilines is 2. The third-order valence-electron chi connectivity index (χ3n) is 4.83. The van der Waals surface area contributed by atoms with E-state index in [1.54, 1.807) is 47.4 Å². The Morgan fingerprint density at radius 2 is 1.81 bits per heavy atom. The second-order valence-electron chi connectivity index (χ2n) is 6.95. The average Bonchev–Trinajstić information content (AvgIpc) is 3.39. The Morgan fingerprint density at radius 3 is 2.56 bits per heavy atom. The maximum Gasteiger partial charge on any atom is 0.255 e. The molecule has 6 nitrogen and oxygen atoms in total. The van der Waals surface area contributed by atoms with Crippen LogP contribution < -0.4 is 15.5 Å². The molecular formula is C21H21N3O3. The largest absolute Gasteiger partial charge is 0.349 e. The number of nitrogens with one attached hydrogen (secondary N) is 2. The first kappa shape index (κ1) is 17.3. The van der Waals surface area contributed by atoms with Crippen molar-refractivity contribution in [2.75, 3.05) is 16.8 Å². The number of rotatable bonds is 5. The van der Waals surface area contributed by atoms with Crippen molar-refractivity contribution in [1.29, 1.82) is 0 Å². The van der Waals surface area contributed by atoms with Crippen LogP contribution in [0.4, 0.5) is 11.4 Å². The van der Waals surface area contributed by atoms with Gasteiger partial charge in [0, 0.05) is 30.3 Å². The molecule has 27 heavy (non-hydrogen) atoms. The first-order valence-electron chi connectivity index (χ1n) is 9.23. The smallest absolute Gasteiger partial charge is 0.255 e.